The van der Waals surface area contributed by atoms with Crippen LogP contribution >= 0.6 is 0 Å². The monoisotopic (exact) mass is 872 g/mol. The van der Waals surface area contributed by atoms with Gasteiger partial charge in [-0.3, -0.25) is 0 Å². The molecule has 5 heterocycles. The van der Waals surface area contributed by atoms with E-state index in [1.165, 1.54) is 36.4 Å². The number of nitriles is 5. The molecule has 0 radical (unpaired) electrons. The Kier molecular flexibility index (Phi) is 9.65. The molecule has 3 aliphatic heterocycles. The smallest absolute Gasteiger partial charge is 0.231 e. The van der Waals surface area contributed by atoms with Crippen molar-refractivity contribution in [2.75, 3.05) is 0 Å². The Balaban J connectivity index is 1.35. The molecule has 25 heteroatoms. The first-order chi connectivity index (χ1) is 30.3. The average molecular weight is 873 g/mol. The van der Waals surface area contributed by atoms with Crippen LogP contribution < -0.4 is 32.3 Å². The summed E-state index contributed by atoms with van der Waals surface area (Å²) in [6.45, 7) is 0. The van der Waals surface area contributed by atoms with Crippen molar-refractivity contribution in [1.82, 2.24) is 24.9 Å². The molecule has 0 saturated heterocycles. The summed E-state index contributed by atoms with van der Waals surface area (Å²) < 4.78 is 123. The van der Waals surface area contributed by atoms with Crippen LogP contribution in [0.3, 0.4) is 0 Å². The number of rotatable bonds is 4. The summed E-state index contributed by atoms with van der Waals surface area (Å²) in [5, 5.41) is 47.6. The van der Waals surface area contributed by atoms with E-state index in [0.29, 0.717) is 6.20 Å². The largest absolute Gasteiger partial charge is 0.451 e. The van der Waals surface area contributed by atoms with Crippen LogP contribution in [0.4, 0.5) is 39.5 Å². The molecule has 3 aliphatic rings. The topological polar surface area (TPSA) is 258 Å². The summed E-state index contributed by atoms with van der Waals surface area (Å²) in [6, 6.07) is 17.2. The average Bonchev–Trinajstić information content (AvgIpc) is 3.99. The van der Waals surface area contributed by atoms with Gasteiger partial charge in [0, 0.05) is 5.56 Å². The zero-order valence-electron chi connectivity index (χ0n) is 30.8. The van der Waals surface area contributed by atoms with Gasteiger partial charge in [0.05, 0.1) is 56.7 Å². The molecule has 0 bridgehead atoms. The third-order valence-electron chi connectivity index (χ3n) is 8.86. The zero-order valence-corrected chi connectivity index (χ0v) is 30.8. The first-order valence-electron chi connectivity index (χ1n) is 17.2. The fourth-order valence-electron chi connectivity index (χ4n) is 6.06. The molecule has 0 atom stereocenters. The molecule has 16 nitrogen and oxygen atoms in total. The Hall–Kier alpha value is -9.41. The highest BCUT2D eigenvalue weighted by atomic mass is 19.4. The van der Waals surface area contributed by atoms with Crippen molar-refractivity contribution in [2.24, 2.45) is 30.0 Å². The second-order valence-electron chi connectivity index (χ2n) is 12.9. The first kappa shape index (κ1) is 41.3. The Morgan fingerprint density at radius 1 is 0.500 bits per heavy atom. The molecular weight excluding hydrogens is 864 g/mol. The first-order valence-corrected chi connectivity index (χ1v) is 17.2. The highest BCUT2D eigenvalue weighted by molar-refractivity contribution is 5.81. The highest BCUT2D eigenvalue weighted by Crippen LogP contribution is 2.34. The van der Waals surface area contributed by atoms with Gasteiger partial charge in [-0.05, 0) is 54.1 Å². The van der Waals surface area contributed by atoms with Crippen molar-refractivity contribution < 1.29 is 39.5 Å². The standard InChI is InChI=1S/C39H9F9N16/c40-37(41,42)19-7-23(38(43,44)45)28-26(8-19)57-31(59-28)21(12-52)33-60-29(61-34(62-33)22(13-53)32-58-27-14-54-36(39(46,47)48)64-35(27)63-32)17-1-2-24-25(6-17)56-30(55-24)20(11-51)18-4-15(9-49)3-16(5-18)10-50/h1-8,14H/b30-20+,31-21-,32-22+. The van der Waals surface area contributed by atoms with Crippen LogP contribution in [0, 0.1) is 56.7 Å². The number of halogens is 9. The van der Waals surface area contributed by atoms with Gasteiger partial charge >= 0.3 is 18.5 Å². The molecule has 0 spiro atoms. The highest BCUT2D eigenvalue weighted by Gasteiger charge is 2.39. The van der Waals surface area contributed by atoms with Crippen LogP contribution in [0.25, 0.3) is 28.1 Å². The van der Waals surface area contributed by atoms with Crippen molar-refractivity contribution in [1.29, 1.82) is 26.3 Å². The zero-order chi connectivity index (χ0) is 45.9. The van der Waals surface area contributed by atoms with Gasteiger partial charge in [-0.1, -0.05) is 0 Å². The lowest BCUT2D eigenvalue weighted by Crippen LogP contribution is -2.32. The third kappa shape index (κ3) is 7.50. The molecule has 0 fully saturated rings. The van der Waals surface area contributed by atoms with E-state index >= 15 is 0 Å². The number of fused-ring (bicyclic) bond motifs is 3. The van der Waals surface area contributed by atoms with Gasteiger partial charge in [0.15, 0.2) is 40.4 Å². The molecule has 3 aromatic carbocycles. The SMILES string of the molecule is N#C/C(=C1/N=c2ccc(-c3nc(/C(C#N)=C4\N=c5cnc(C(F)(F)F)nc5=N4)nc(/C(C#N)=C4/N=c5cc(C(F)(F)F)cc(C(F)(F)F)c5=N4)n3)cc2=N1)c1cc(C#N)cc(C#N)c1. The minimum absolute atomic E-state index is 0.00668. The van der Waals surface area contributed by atoms with E-state index in [-0.39, 0.29) is 61.9 Å². The number of hydrogen-bond donors (Lipinski definition) is 0. The van der Waals surface area contributed by atoms with Crippen LogP contribution in [0.15, 0.2) is 102 Å². The molecule has 0 amide bonds. The summed E-state index contributed by atoms with van der Waals surface area (Å²) in [6.07, 6.45) is -14.9. The van der Waals surface area contributed by atoms with Crippen LogP contribution in [-0.2, 0) is 18.5 Å². The minimum Gasteiger partial charge on any atom is -0.231 e. The lowest BCUT2D eigenvalue weighted by molar-refractivity contribution is -0.145. The quantitative estimate of drug-likeness (QED) is 0.187. The lowest BCUT2D eigenvalue weighted by atomic mass is 10.0. The van der Waals surface area contributed by atoms with E-state index in [2.05, 4.69) is 54.9 Å². The van der Waals surface area contributed by atoms with Crippen LogP contribution in [0.5, 0.6) is 0 Å². The van der Waals surface area contributed by atoms with Gasteiger partial charge in [0.25, 0.3) is 0 Å². The molecule has 308 valence electrons. The summed E-state index contributed by atoms with van der Waals surface area (Å²) in [5.41, 5.74) is -5.52. The number of nitrogens with zero attached hydrogens (tertiary/aromatic N) is 16. The normalized spacial score (nSPS) is 15.9. The third-order valence-corrected chi connectivity index (χ3v) is 8.86. The molecule has 8 rings (SSSR count). The molecule has 0 aliphatic carbocycles. The second kappa shape index (κ2) is 14.9. The number of hydrogen-bond acceptors (Lipinski definition) is 16. The predicted molar refractivity (Wildman–Crippen MR) is 189 cm³/mol. The van der Waals surface area contributed by atoms with E-state index in [0.717, 1.165) is 0 Å². The number of alkyl halides is 9. The fourth-order valence-corrected chi connectivity index (χ4v) is 6.06. The Bertz CT molecular complexity index is 3670. The van der Waals surface area contributed by atoms with Crippen molar-refractivity contribution in [2.45, 2.75) is 18.5 Å². The summed E-state index contributed by atoms with van der Waals surface area (Å²) >= 11 is 0. The Morgan fingerprint density at radius 3 is 1.66 bits per heavy atom. The van der Waals surface area contributed by atoms with Gasteiger partial charge < -0.3 is 0 Å². The van der Waals surface area contributed by atoms with Crippen molar-refractivity contribution >= 4 is 16.7 Å². The summed E-state index contributed by atoms with van der Waals surface area (Å²) in [7, 11) is 0. The molecule has 2 aromatic heterocycles. The molecule has 0 unspecified atom stereocenters. The van der Waals surface area contributed by atoms with Crippen molar-refractivity contribution in [3.63, 3.8) is 0 Å². The second-order valence-corrected chi connectivity index (χ2v) is 12.9. The van der Waals surface area contributed by atoms with Gasteiger partial charge in [0.1, 0.15) is 45.6 Å². The predicted octanol–water partition coefficient (Wildman–Crippen LogP) is 3.56. The minimum atomic E-state index is -5.38. The lowest BCUT2D eigenvalue weighted by Gasteiger charge is -2.10. The Morgan fingerprint density at radius 2 is 1.08 bits per heavy atom. The molecular formula is C39H9F9N16. The van der Waals surface area contributed by atoms with Crippen LogP contribution in [-0.4, -0.2) is 24.9 Å². The molecule has 0 saturated carbocycles. The van der Waals surface area contributed by atoms with Crippen LogP contribution in [0.1, 0.15) is 45.3 Å². The van der Waals surface area contributed by atoms with E-state index in [1.54, 1.807) is 12.1 Å². The maximum Gasteiger partial charge on any atom is 0.451 e. The van der Waals surface area contributed by atoms with E-state index in [9.17, 15) is 65.8 Å². The number of benzene rings is 3. The fraction of sp³-hybridized carbons (Fsp3) is 0.0769. The van der Waals surface area contributed by atoms with Gasteiger partial charge in [-0.2, -0.15) is 65.8 Å². The van der Waals surface area contributed by atoms with Crippen molar-refractivity contribution in [3.05, 3.63) is 150 Å². The Labute approximate surface area is 347 Å². The van der Waals surface area contributed by atoms with Gasteiger partial charge in [0.2, 0.25) is 5.82 Å². The number of allylic oxidation sites excluding steroid dienone is 3. The molecule has 5 aromatic rings. The summed E-state index contributed by atoms with van der Waals surface area (Å²) in [5.74, 6) is -5.06. The summed E-state index contributed by atoms with van der Waals surface area (Å²) in [4.78, 5) is 43.3. The molecule has 0 N–H and O–H groups in total. The van der Waals surface area contributed by atoms with Crippen LogP contribution in [0.2, 0.25) is 0 Å². The van der Waals surface area contributed by atoms with Gasteiger partial charge in [-0.25, -0.2) is 54.9 Å². The maximum atomic E-state index is 14.1. The number of aromatic nitrogens is 5. The van der Waals surface area contributed by atoms with E-state index in [1.807, 2.05) is 18.2 Å². The molecule has 64 heavy (non-hydrogen) atoms. The maximum absolute atomic E-state index is 14.1. The van der Waals surface area contributed by atoms with Crippen molar-refractivity contribution in [3.8, 4) is 41.7 Å². The van der Waals surface area contributed by atoms with E-state index in [4.69, 9.17) is 0 Å². The van der Waals surface area contributed by atoms with E-state index < -0.39 is 91.9 Å². The van der Waals surface area contributed by atoms with Gasteiger partial charge in [-0.15, -0.1) is 0 Å².